The summed E-state index contributed by atoms with van der Waals surface area (Å²) < 4.78 is 11.3. The molecule has 0 spiro atoms. The van der Waals surface area contributed by atoms with Crippen molar-refractivity contribution in [3.8, 4) is 11.5 Å². The molecule has 0 atom stereocenters. The van der Waals surface area contributed by atoms with Crippen LogP contribution in [0.25, 0.3) is 0 Å². The van der Waals surface area contributed by atoms with E-state index in [4.69, 9.17) is 9.15 Å². The van der Waals surface area contributed by atoms with Crippen molar-refractivity contribution in [1.29, 1.82) is 0 Å². The number of ether oxygens (including phenoxy) is 1. The van der Waals surface area contributed by atoms with E-state index in [0.717, 1.165) is 0 Å². The third kappa shape index (κ3) is 3.43. The molecule has 0 aliphatic rings. The van der Waals surface area contributed by atoms with E-state index in [1.807, 2.05) is 55.5 Å². The number of furan rings is 1. The van der Waals surface area contributed by atoms with Gasteiger partial charge in [-0.25, -0.2) is 0 Å². The molecule has 0 fully saturated rings. The molecular weight excluding hydrogens is 290 g/mol. The van der Waals surface area contributed by atoms with Gasteiger partial charge in [0.25, 0.3) is 5.91 Å². The Morgan fingerprint density at radius 2 is 1.70 bits per heavy atom. The molecule has 0 saturated carbocycles. The van der Waals surface area contributed by atoms with E-state index in [9.17, 15) is 4.79 Å². The molecule has 0 aliphatic heterocycles. The van der Waals surface area contributed by atoms with Gasteiger partial charge in [-0.15, -0.1) is 0 Å². The maximum absolute atomic E-state index is 12.4. The highest BCUT2D eigenvalue weighted by molar-refractivity contribution is 6.05. The summed E-state index contributed by atoms with van der Waals surface area (Å²) in [6, 6.07) is 18.5. The number of hydrogen-bond donors (Lipinski definition) is 1. The number of hydrogen-bond acceptors (Lipinski definition) is 3. The number of carbonyl (C=O) groups excluding carboxylic acids is 1. The second-order valence-corrected chi connectivity index (χ2v) is 5.19. The monoisotopic (exact) mass is 307 g/mol. The summed E-state index contributed by atoms with van der Waals surface area (Å²) in [7, 11) is 0. The Morgan fingerprint density at radius 3 is 2.39 bits per heavy atom. The smallest absolute Gasteiger partial charge is 0.259 e. The van der Waals surface area contributed by atoms with Crippen LogP contribution in [-0.4, -0.2) is 5.91 Å². The largest absolute Gasteiger partial charge is 0.466 e. The quantitative estimate of drug-likeness (QED) is 0.742. The van der Waals surface area contributed by atoms with E-state index in [1.165, 1.54) is 0 Å². The summed E-state index contributed by atoms with van der Waals surface area (Å²) in [6.07, 6.45) is 0. The molecule has 3 aromatic rings. The zero-order chi connectivity index (χ0) is 16.2. The van der Waals surface area contributed by atoms with Crippen LogP contribution in [-0.2, 0) is 0 Å². The molecule has 0 aliphatic carbocycles. The Kier molecular flexibility index (Phi) is 4.15. The first-order chi connectivity index (χ1) is 11.1. The van der Waals surface area contributed by atoms with Crippen LogP contribution in [0.5, 0.6) is 11.5 Å². The van der Waals surface area contributed by atoms with Crippen molar-refractivity contribution in [3.05, 3.63) is 77.7 Å². The van der Waals surface area contributed by atoms with E-state index >= 15 is 0 Å². The lowest BCUT2D eigenvalue weighted by Crippen LogP contribution is -2.12. The summed E-state index contributed by atoms with van der Waals surface area (Å²) >= 11 is 0. The first kappa shape index (κ1) is 14.9. The lowest BCUT2D eigenvalue weighted by atomic mass is 10.2. The molecule has 4 heteroatoms. The number of aryl methyl sites for hydroxylation is 2. The van der Waals surface area contributed by atoms with Gasteiger partial charge in [-0.2, -0.15) is 0 Å². The van der Waals surface area contributed by atoms with Gasteiger partial charge in [0, 0.05) is 0 Å². The van der Waals surface area contributed by atoms with Gasteiger partial charge >= 0.3 is 0 Å². The SMILES string of the molecule is Cc1cc(C(=O)Nc2ccccc2Oc2ccccc2)c(C)o1. The molecule has 116 valence electrons. The van der Waals surface area contributed by atoms with E-state index in [1.54, 1.807) is 19.1 Å². The van der Waals surface area contributed by atoms with Crippen LogP contribution >= 0.6 is 0 Å². The number of para-hydroxylation sites is 3. The summed E-state index contributed by atoms with van der Waals surface area (Å²) in [4.78, 5) is 12.4. The number of anilines is 1. The lowest BCUT2D eigenvalue weighted by molar-refractivity contribution is 0.102. The minimum Gasteiger partial charge on any atom is -0.466 e. The predicted octanol–water partition coefficient (Wildman–Crippen LogP) is 4.94. The van der Waals surface area contributed by atoms with Gasteiger partial charge in [0.15, 0.2) is 5.75 Å². The van der Waals surface area contributed by atoms with Crippen molar-refractivity contribution >= 4 is 11.6 Å². The van der Waals surface area contributed by atoms with Gasteiger partial charge in [0.2, 0.25) is 0 Å². The maximum atomic E-state index is 12.4. The van der Waals surface area contributed by atoms with Gasteiger partial charge in [0.05, 0.1) is 11.3 Å². The summed E-state index contributed by atoms with van der Waals surface area (Å²) in [5.74, 6) is 2.39. The Labute approximate surface area is 134 Å². The van der Waals surface area contributed by atoms with Crippen molar-refractivity contribution in [2.75, 3.05) is 5.32 Å². The highest BCUT2D eigenvalue weighted by atomic mass is 16.5. The van der Waals surface area contributed by atoms with E-state index in [0.29, 0.717) is 34.3 Å². The normalized spacial score (nSPS) is 10.3. The minimum absolute atomic E-state index is 0.219. The second-order valence-electron chi connectivity index (χ2n) is 5.19. The molecule has 0 saturated heterocycles. The molecule has 0 radical (unpaired) electrons. The zero-order valence-electron chi connectivity index (χ0n) is 13.0. The van der Waals surface area contributed by atoms with Crippen LogP contribution in [0.2, 0.25) is 0 Å². The summed E-state index contributed by atoms with van der Waals surface area (Å²) in [5, 5.41) is 2.88. The number of carbonyl (C=O) groups is 1. The van der Waals surface area contributed by atoms with Crippen molar-refractivity contribution in [2.24, 2.45) is 0 Å². The highest BCUT2D eigenvalue weighted by Gasteiger charge is 2.15. The van der Waals surface area contributed by atoms with Crippen molar-refractivity contribution in [1.82, 2.24) is 0 Å². The Hall–Kier alpha value is -3.01. The molecule has 3 rings (SSSR count). The number of nitrogens with one attached hydrogen (secondary N) is 1. The molecule has 1 amide bonds. The maximum Gasteiger partial charge on any atom is 0.259 e. The molecule has 0 bridgehead atoms. The summed E-state index contributed by atoms with van der Waals surface area (Å²) in [6.45, 7) is 3.59. The fourth-order valence-electron chi connectivity index (χ4n) is 2.32. The number of benzene rings is 2. The van der Waals surface area contributed by atoms with Crippen LogP contribution < -0.4 is 10.1 Å². The number of amides is 1. The van der Waals surface area contributed by atoms with Crippen molar-refractivity contribution in [2.45, 2.75) is 13.8 Å². The van der Waals surface area contributed by atoms with E-state index in [-0.39, 0.29) is 5.91 Å². The third-order valence-corrected chi connectivity index (χ3v) is 3.39. The van der Waals surface area contributed by atoms with Gasteiger partial charge < -0.3 is 14.5 Å². The van der Waals surface area contributed by atoms with Gasteiger partial charge in [-0.3, -0.25) is 4.79 Å². The van der Waals surface area contributed by atoms with Crippen LogP contribution in [0.15, 0.2) is 65.1 Å². The summed E-state index contributed by atoms with van der Waals surface area (Å²) in [5.41, 5.74) is 1.14. The third-order valence-electron chi connectivity index (χ3n) is 3.39. The average molecular weight is 307 g/mol. The van der Waals surface area contributed by atoms with E-state index in [2.05, 4.69) is 5.32 Å². The highest BCUT2D eigenvalue weighted by Crippen LogP contribution is 2.29. The van der Waals surface area contributed by atoms with E-state index < -0.39 is 0 Å². The predicted molar refractivity (Wildman–Crippen MR) is 89.1 cm³/mol. The Balaban J connectivity index is 1.83. The fraction of sp³-hybridized carbons (Fsp3) is 0.105. The van der Waals surface area contributed by atoms with Gasteiger partial charge in [-0.05, 0) is 44.2 Å². The lowest BCUT2D eigenvalue weighted by Gasteiger charge is -2.12. The first-order valence-corrected chi connectivity index (χ1v) is 7.34. The minimum atomic E-state index is -0.219. The van der Waals surface area contributed by atoms with Crippen molar-refractivity contribution in [3.63, 3.8) is 0 Å². The second kappa shape index (κ2) is 6.40. The first-order valence-electron chi connectivity index (χ1n) is 7.34. The topological polar surface area (TPSA) is 51.5 Å². The molecule has 1 N–H and O–H groups in total. The van der Waals surface area contributed by atoms with Gasteiger partial charge in [0.1, 0.15) is 17.3 Å². The molecule has 4 nitrogen and oxygen atoms in total. The molecule has 2 aromatic carbocycles. The van der Waals surface area contributed by atoms with Crippen LogP contribution in [0.1, 0.15) is 21.9 Å². The average Bonchev–Trinajstić information content (AvgIpc) is 2.89. The Morgan fingerprint density at radius 1 is 1.00 bits per heavy atom. The van der Waals surface area contributed by atoms with Crippen molar-refractivity contribution < 1.29 is 13.9 Å². The van der Waals surface area contributed by atoms with Gasteiger partial charge in [-0.1, -0.05) is 30.3 Å². The zero-order valence-corrected chi connectivity index (χ0v) is 13.0. The Bertz CT molecular complexity index is 822. The molecule has 1 aromatic heterocycles. The van der Waals surface area contributed by atoms with Crippen LogP contribution in [0, 0.1) is 13.8 Å². The molecular formula is C19H17NO3. The molecule has 1 heterocycles. The number of rotatable bonds is 4. The standard InChI is InChI=1S/C19H17NO3/c1-13-12-16(14(2)22-13)19(21)20-17-10-6-7-11-18(17)23-15-8-4-3-5-9-15/h3-12H,1-2H3,(H,20,21). The van der Waals surface area contributed by atoms with Crippen LogP contribution in [0.3, 0.4) is 0 Å². The molecule has 23 heavy (non-hydrogen) atoms. The van der Waals surface area contributed by atoms with Crippen LogP contribution in [0.4, 0.5) is 5.69 Å². The fourth-order valence-corrected chi connectivity index (χ4v) is 2.32. The molecule has 0 unspecified atom stereocenters.